The van der Waals surface area contributed by atoms with E-state index in [0.29, 0.717) is 0 Å². The Bertz CT molecular complexity index is 502. The Morgan fingerprint density at radius 2 is 1.88 bits per heavy atom. The van der Waals surface area contributed by atoms with Gasteiger partial charge in [0, 0.05) is 18.3 Å². The molecule has 1 aromatic carbocycles. The van der Waals surface area contributed by atoms with Gasteiger partial charge in [0.05, 0.1) is 11.6 Å². The van der Waals surface area contributed by atoms with Gasteiger partial charge in [-0.2, -0.15) is 5.10 Å². The van der Waals surface area contributed by atoms with Crippen molar-refractivity contribution in [3.05, 3.63) is 34.4 Å². The molecule has 3 nitrogen and oxygen atoms in total. The molecule has 1 aromatic heterocycles. The summed E-state index contributed by atoms with van der Waals surface area (Å²) >= 11 is 3.56. The highest BCUT2D eigenvalue weighted by Gasteiger charge is 2.11. The fourth-order valence-corrected chi connectivity index (χ4v) is 2.08. The summed E-state index contributed by atoms with van der Waals surface area (Å²) in [5.74, 6) is 0.854. The second kappa shape index (κ2) is 4.29. The third-order valence-electron chi connectivity index (χ3n) is 2.62. The number of ether oxygens (including phenoxy) is 1. The maximum Gasteiger partial charge on any atom is 0.118 e. The van der Waals surface area contributed by atoms with Gasteiger partial charge in [0.25, 0.3) is 0 Å². The van der Waals surface area contributed by atoms with Crippen LogP contribution in [0.5, 0.6) is 5.75 Å². The van der Waals surface area contributed by atoms with Crippen LogP contribution in [0.15, 0.2) is 28.7 Å². The largest absolute Gasteiger partial charge is 0.497 e. The lowest BCUT2D eigenvalue weighted by atomic mass is 10.1. The first kappa shape index (κ1) is 11.2. The minimum atomic E-state index is 0.854. The predicted octanol–water partition coefficient (Wildman–Crippen LogP) is 3.17. The highest BCUT2D eigenvalue weighted by Crippen LogP contribution is 2.30. The third kappa shape index (κ3) is 1.85. The van der Waals surface area contributed by atoms with Crippen LogP contribution in [0.4, 0.5) is 0 Å². The van der Waals surface area contributed by atoms with Crippen LogP contribution in [-0.2, 0) is 7.05 Å². The second-order valence-electron chi connectivity index (χ2n) is 3.60. The molecule has 0 spiro atoms. The van der Waals surface area contributed by atoms with Gasteiger partial charge >= 0.3 is 0 Å². The molecule has 0 aliphatic rings. The SMILES string of the molecule is COc1ccc(-c2nn(C)c(C)c2Br)cc1. The van der Waals surface area contributed by atoms with E-state index in [1.165, 1.54) is 0 Å². The maximum atomic E-state index is 5.13. The molecular weight excluding hydrogens is 268 g/mol. The summed E-state index contributed by atoms with van der Waals surface area (Å²) in [6.45, 7) is 2.03. The molecule has 1 heterocycles. The van der Waals surface area contributed by atoms with Crippen LogP contribution >= 0.6 is 15.9 Å². The Balaban J connectivity index is 2.46. The molecular formula is C12H13BrN2O. The summed E-state index contributed by atoms with van der Waals surface area (Å²) < 4.78 is 8.03. The van der Waals surface area contributed by atoms with Crippen molar-refractivity contribution in [1.82, 2.24) is 9.78 Å². The van der Waals surface area contributed by atoms with Crippen molar-refractivity contribution < 1.29 is 4.74 Å². The molecule has 0 fully saturated rings. The molecule has 2 rings (SSSR count). The van der Waals surface area contributed by atoms with E-state index in [1.54, 1.807) is 7.11 Å². The normalized spacial score (nSPS) is 10.5. The van der Waals surface area contributed by atoms with Gasteiger partial charge in [-0.15, -0.1) is 0 Å². The first-order chi connectivity index (χ1) is 7.63. The minimum absolute atomic E-state index is 0.854. The molecule has 0 unspecified atom stereocenters. The standard InChI is InChI=1S/C12H13BrN2O/c1-8-11(13)12(14-15(8)2)9-4-6-10(16-3)7-5-9/h4-7H,1-3H3. The van der Waals surface area contributed by atoms with Crippen LogP contribution < -0.4 is 4.74 Å². The molecule has 0 aliphatic carbocycles. The van der Waals surface area contributed by atoms with Crippen LogP contribution in [0.25, 0.3) is 11.3 Å². The number of methoxy groups -OCH3 is 1. The number of hydrogen-bond acceptors (Lipinski definition) is 2. The first-order valence-corrected chi connectivity index (χ1v) is 5.76. The van der Waals surface area contributed by atoms with Crippen LogP contribution in [0, 0.1) is 6.92 Å². The van der Waals surface area contributed by atoms with E-state index in [0.717, 1.165) is 27.2 Å². The van der Waals surface area contributed by atoms with Crippen molar-refractivity contribution in [1.29, 1.82) is 0 Å². The van der Waals surface area contributed by atoms with Crippen LogP contribution in [0.1, 0.15) is 5.69 Å². The van der Waals surface area contributed by atoms with Gasteiger partial charge in [0.2, 0.25) is 0 Å². The zero-order chi connectivity index (χ0) is 11.7. The van der Waals surface area contributed by atoms with Gasteiger partial charge in [0.15, 0.2) is 0 Å². The third-order valence-corrected chi connectivity index (χ3v) is 3.57. The lowest BCUT2D eigenvalue weighted by molar-refractivity contribution is 0.415. The molecule has 2 aromatic rings. The summed E-state index contributed by atoms with van der Waals surface area (Å²) in [4.78, 5) is 0. The second-order valence-corrected chi connectivity index (χ2v) is 4.39. The van der Waals surface area contributed by atoms with E-state index in [-0.39, 0.29) is 0 Å². The summed E-state index contributed by atoms with van der Waals surface area (Å²) in [6.07, 6.45) is 0. The smallest absolute Gasteiger partial charge is 0.118 e. The van der Waals surface area contributed by atoms with E-state index in [1.807, 2.05) is 42.9 Å². The van der Waals surface area contributed by atoms with Gasteiger partial charge in [0.1, 0.15) is 11.4 Å². The lowest BCUT2D eigenvalue weighted by Crippen LogP contribution is -1.92. The number of aromatic nitrogens is 2. The van der Waals surface area contributed by atoms with E-state index in [9.17, 15) is 0 Å². The predicted molar refractivity (Wildman–Crippen MR) is 67.6 cm³/mol. The molecule has 0 atom stereocenters. The molecule has 0 saturated carbocycles. The number of benzene rings is 1. The maximum absolute atomic E-state index is 5.13. The minimum Gasteiger partial charge on any atom is -0.497 e. The van der Waals surface area contributed by atoms with Crippen molar-refractivity contribution in [3.63, 3.8) is 0 Å². The highest BCUT2D eigenvalue weighted by molar-refractivity contribution is 9.10. The first-order valence-electron chi connectivity index (χ1n) is 4.97. The van der Waals surface area contributed by atoms with Crippen molar-refractivity contribution in [2.24, 2.45) is 7.05 Å². The topological polar surface area (TPSA) is 27.1 Å². The number of nitrogens with zero attached hydrogens (tertiary/aromatic N) is 2. The van der Waals surface area contributed by atoms with Crippen LogP contribution in [-0.4, -0.2) is 16.9 Å². The van der Waals surface area contributed by atoms with Gasteiger partial charge < -0.3 is 4.74 Å². The lowest BCUT2D eigenvalue weighted by Gasteiger charge is -2.01. The van der Waals surface area contributed by atoms with E-state index < -0.39 is 0 Å². The Labute approximate surface area is 103 Å². The van der Waals surface area contributed by atoms with Gasteiger partial charge in [-0.25, -0.2) is 0 Å². The molecule has 0 N–H and O–H groups in total. The molecule has 0 saturated heterocycles. The fourth-order valence-electron chi connectivity index (χ4n) is 1.52. The number of aryl methyl sites for hydroxylation is 1. The van der Waals surface area contributed by atoms with Gasteiger partial charge in [-0.1, -0.05) is 0 Å². The molecule has 0 amide bonds. The number of rotatable bonds is 2. The van der Waals surface area contributed by atoms with E-state index >= 15 is 0 Å². The molecule has 84 valence electrons. The average Bonchev–Trinajstić information content (AvgIpc) is 2.57. The zero-order valence-electron chi connectivity index (χ0n) is 9.49. The van der Waals surface area contributed by atoms with Gasteiger partial charge in [-0.3, -0.25) is 4.68 Å². The van der Waals surface area contributed by atoms with Crippen molar-refractivity contribution in [2.45, 2.75) is 6.92 Å². The molecule has 0 bridgehead atoms. The average molecular weight is 281 g/mol. The summed E-state index contributed by atoms with van der Waals surface area (Å²) in [5.41, 5.74) is 3.16. The molecule has 4 heteroatoms. The Morgan fingerprint density at radius 1 is 1.25 bits per heavy atom. The fraction of sp³-hybridized carbons (Fsp3) is 0.250. The number of hydrogen-bond donors (Lipinski definition) is 0. The molecule has 0 aliphatic heterocycles. The molecule has 16 heavy (non-hydrogen) atoms. The Morgan fingerprint density at radius 3 is 2.31 bits per heavy atom. The highest BCUT2D eigenvalue weighted by atomic mass is 79.9. The van der Waals surface area contributed by atoms with Crippen molar-refractivity contribution in [3.8, 4) is 17.0 Å². The summed E-state index contributed by atoms with van der Waals surface area (Å²) in [6, 6.07) is 7.88. The van der Waals surface area contributed by atoms with Crippen molar-refractivity contribution >= 4 is 15.9 Å². The Hall–Kier alpha value is -1.29. The van der Waals surface area contributed by atoms with Crippen LogP contribution in [0.3, 0.4) is 0 Å². The monoisotopic (exact) mass is 280 g/mol. The van der Waals surface area contributed by atoms with E-state index in [4.69, 9.17) is 4.74 Å². The van der Waals surface area contributed by atoms with Crippen LogP contribution in [0.2, 0.25) is 0 Å². The Kier molecular flexibility index (Phi) is 3.01. The van der Waals surface area contributed by atoms with Gasteiger partial charge in [-0.05, 0) is 47.1 Å². The summed E-state index contributed by atoms with van der Waals surface area (Å²) in [5, 5.41) is 4.46. The quantitative estimate of drug-likeness (QED) is 0.845. The van der Waals surface area contributed by atoms with E-state index in [2.05, 4.69) is 21.0 Å². The van der Waals surface area contributed by atoms with Crippen molar-refractivity contribution in [2.75, 3.05) is 7.11 Å². The number of halogens is 1. The summed E-state index contributed by atoms with van der Waals surface area (Å²) in [7, 11) is 3.60. The zero-order valence-corrected chi connectivity index (χ0v) is 11.1. The molecule has 0 radical (unpaired) electrons.